The Balaban J connectivity index is 1.50. The van der Waals surface area contributed by atoms with Crippen molar-refractivity contribution in [1.29, 1.82) is 5.41 Å². The fourth-order valence-corrected chi connectivity index (χ4v) is 7.03. The summed E-state index contributed by atoms with van der Waals surface area (Å²) < 4.78 is 0. The Morgan fingerprint density at radius 3 is 2.86 bits per heavy atom. The molecule has 0 unspecified atom stereocenters. The lowest BCUT2D eigenvalue weighted by atomic mass is 10.0. The molecule has 14 heteroatoms. The van der Waals surface area contributed by atoms with Gasteiger partial charge in [-0.2, -0.15) is 11.8 Å². The Kier molecular flexibility index (Phi) is 8.18. The highest BCUT2D eigenvalue weighted by Crippen LogP contribution is 2.45. The van der Waals surface area contributed by atoms with Crippen LogP contribution >= 0.6 is 35.3 Å². The van der Waals surface area contributed by atoms with E-state index in [1.807, 2.05) is 6.07 Å². The number of hydrogen-bond donors (Lipinski definition) is 5. The van der Waals surface area contributed by atoms with Crippen molar-refractivity contribution < 1.29 is 19.5 Å². The van der Waals surface area contributed by atoms with Crippen LogP contribution in [0.4, 0.5) is 5.82 Å². The quantitative estimate of drug-likeness (QED) is 0.163. The van der Waals surface area contributed by atoms with Crippen LogP contribution in [0.1, 0.15) is 11.3 Å². The third-order valence-electron chi connectivity index (χ3n) is 5.29. The predicted molar refractivity (Wildman–Crippen MR) is 140 cm³/mol. The van der Waals surface area contributed by atoms with E-state index in [9.17, 15) is 19.5 Å². The number of carbonyl (C=O) groups is 3. The number of nitrogens with one attached hydrogen (secondary N) is 2. The molecular formula is C22H23N7O4S3. The Labute approximate surface area is 219 Å². The molecule has 0 aliphatic carbocycles. The molecule has 1 fully saturated rings. The van der Waals surface area contributed by atoms with E-state index in [-0.39, 0.29) is 17.2 Å². The van der Waals surface area contributed by atoms with Crippen molar-refractivity contribution in [1.82, 2.24) is 20.2 Å². The van der Waals surface area contributed by atoms with Crippen LogP contribution in [-0.2, 0) is 20.1 Å². The SMILES string of the molecule is N=C(C(=O)N[C@@H]1C(=O)N2C(C(=O)O)=C(Sc3ccncc3CSCCN)CS[C@H]12)c1cccc(N)n1. The van der Waals surface area contributed by atoms with Gasteiger partial charge in [-0.25, -0.2) is 9.78 Å². The van der Waals surface area contributed by atoms with Crippen molar-refractivity contribution in [2.24, 2.45) is 5.73 Å². The summed E-state index contributed by atoms with van der Waals surface area (Å²) in [5, 5.41) is 20.0. The normalized spacial score (nSPS) is 18.9. The van der Waals surface area contributed by atoms with Gasteiger partial charge in [0.05, 0.1) is 5.69 Å². The minimum absolute atomic E-state index is 0.0787. The molecule has 2 aromatic rings. The van der Waals surface area contributed by atoms with E-state index in [2.05, 4.69) is 15.3 Å². The fraction of sp³-hybridized carbons (Fsp3) is 0.273. The maximum atomic E-state index is 13.0. The van der Waals surface area contributed by atoms with Crippen molar-refractivity contribution in [2.45, 2.75) is 22.1 Å². The average molecular weight is 546 g/mol. The lowest BCUT2D eigenvalue weighted by Gasteiger charge is -2.49. The van der Waals surface area contributed by atoms with Gasteiger partial charge >= 0.3 is 5.97 Å². The molecule has 0 spiro atoms. The highest BCUT2D eigenvalue weighted by Gasteiger charge is 2.54. The molecule has 7 N–H and O–H groups in total. The number of carbonyl (C=O) groups excluding carboxylic acids is 2. The second-order valence-electron chi connectivity index (χ2n) is 7.69. The van der Waals surface area contributed by atoms with Crippen LogP contribution in [0.5, 0.6) is 0 Å². The Morgan fingerprint density at radius 2 is 2.14 bits per heavy atom. The number of thioether (sulfide) groups is 3. The second-order valence-corrected chi connectivity index (χ2v) is 11.0. The number of nitrogens with two attached hydrogens (primary N) is 2. The maximum absolute atomic E-state index is 13.0. The first-order chi connectivity index (χ1) is 17.3. The lowest BCUT2D eigenvalue weighted by molar-refractivity contribution is -0.150. The van der Waals surface area contributed by atoms with Crippen molar-refractivity contribution in [2.75, 3.05) is 23.8 Å². The minimum Gasteiger partial charge on any atom is -0.477 e. The molecule has 2 aliphatic heterocycles. The smallest absolute Gasteiger partial charge is 0.353 e. The summed E-state index contributed by atoms with van der Waals surface area (Å²) in [6.45, 7) is 0.559. The summed E-state index contributed by atoms with van der Waals surface area (Å²) in [7, 11) is 0. The molecule has 2 amide bonds. The average Bonchev–Trinajstić information content (AvgIpc) is 2.87. The number of nitrogen functional groups attached to an aromatic ring is 1. The first-order valence-corrected chi connectivity index (χ1v) is 13.8. The van der Waals surface area contributed by atoms with Gasteiger partial charge in [-0.05, 0) is 23.8 Å². The molecule has 2 atom stereocenters. The van der Waals surface area contributed by atoms with E-state index in [0.717, 1.165) is 16.2 Å². The molecule has 36 heavy (non-hydrogen) atoms. The number of amides is 2. The molecule has 4 heterocycles. The monoisotopic (exact) mass is 545 g/mol. The van der Waals surface area contributed by atoms with Gasteiger partial charge in [0.1, 0.15) is 28.6 Å². The predicted octanol–water partition coefficient (Wildman–Crippen LogP) is 1.11. The van der Waals surface area contributed by atoms with Gasteiger partial charge in [-0.1, -0.05) is 17.8 Å². The third-order valence-corrected chi connectivity index (χ3v) is 8.99. The first kappa shape index (κ1) is 26.0. The summed E-state index contributed by atoms with van der Waals surface area (Å²) >= 11 is 4.32. The number of hydrogen-bond acceptors (Lipinski definition) is 11. The Bertz CT molecular complexity index is 1260. The summed E-state index contributed by atoms with van der Waals surface area (Å²) in [6, 6.07) is 5.45. The van der Waals surface area contributed by atoms with Gasteiger partial charge in [0.25, 0.3) is 11.8 Å². The number of anilines is 1. The van der Waals surface area contributed by atoms with Crippen LogP contribution in [0.3, 0.4) is 0 Å². The summed E-state index contributed by atoms with van der Waals surface area (Å²) in [5.41, 5.74) is 11.7. The number of carboxylic acids is 1. The highest BCUT2D eigenvalue weighted by molar-refractivity contribution is 8.06. The van der Waals surface area contributed by atoms with Gasteiger partial charge in [0.2, 0.25) is 0 Å². The van der Waals surface area contributed by atoms with Crippen LogP contribution in [0.25, 0.3) is 0 Å². The third kappa shape index (κ3) is 5.36. The van der Waals surface area contributed by atoms with Crippen molar-refractivity contribution in [3.63, 3.8) is 0 Å². The van der Waals surface area contributed by atoms with Crippen LogP contribution < -0.4 is 16.8 Å². The zero-order valence-corrected chi connectivity index (χ0v) is 21.3. The molecule has 0 bridgehead atoms. The largest absolute Gasteiger partial charge is 0.477 e. The second kappa shape index (κ2) is 11.3. The highest BCUT2D eigenvalue weighted by atomic mass is 32.2. The summed E-state index contributed by atoms with van der Waals surface area (Å²) in [5.74, 6) is -0.564. The van der Waals surface area contributed by atoms with E-state index in [0.29, 0.717) is 23.0 Å². The maximum Gasteiger partial charge on any atom is 0.353 e. The molecule has 1 saturated heterocycles. The molecule has 11 nitrogen and oxygen atoms in total. The molecule has 0 radical (unpaired) electrons. The van der Waals surface area contributed by atoms with Gasteiger partial charge in [-0.15, -0.1) is 11.8 Å². The number of aliphatic carboxylic acids is 1. The van der Waals surface area contributed by atoms with Crippen molar-refractivity contribution in [3.8, 4) is 0 Å². The molecule has 0 aromatic carbocycles. The fourth-order valence-electron chi connectivity index (χ4n) is 3.61. The molecule has 0 saturated carbocycles. The van der Waals surface area contributed by atoms with E-state index in [1.165, 1.54) is 40.6 Å². The molecular weight excluding hydrogens is 522 g/mol. The molecule has 188 valence electrons. The van der Waals surface area contributed by atoms with Crippen LogP contribution in [0.2, 0.25) is 0 Å². The number of β-lactam (4-membered cyclic amide) rings is 1. The lowest BCUT2D eigenvalue weighted by Crippen LogP contribution is -2.71. The minimum atomic E-state index is -1.22. The van der Waals surface area contributed by atoms with Crippen molar-refractivity contribution >= 4 is 64.6 Å². The standard InChI is InChI=1S/C22H23N7O4S3/c23-5-7-34-9-11-8-26-6-4-13(11)36-14-10-35-21-17(20(31)29(21)18(14)22(32)33)28-19(30)16(25)12-2-1-3-15(24)27-12/h1-4,6,8,17,21,25H,5,7,9-10,23H2,(H2,24,27)(H,28,30)(H,32,33)/t17-,21-/m1/s1. The van der Waals surface area contributed by atoms with E-state index >= 15 is 0 Å². The van der Waals surface area contributed by atoms with E-state index < -0.39 is 34.9 Å². The van der Waals surface area contributed by atoms with Crippen LogP contribution in [0, 0.1) is 5.41 Å². The first-order valence-electron chi connectivity index (χ1n) is 10.7. The van der Waals surface area contributed by atoms with Gasteiger partial charge < -0.3 is 21.9 Å². The summed E-state index contributed by atoms with van der Waals surface area (Å²) in [6.07, 6.45) is 3.39. The van der Waals surface area contributed by atoms with E-state index in [1.54, 1.807) is 30.2 Å². The number of fused-ring (bicyclic) bond motifs is 1. The Hall–Kier alpha value is -3.07. The van der Waals surface area contributed by atoms with Crippen molar-refractivity contribution in [3.05, 3.63) is 58.5 Å². The Morgan fingerprint density at radius 1 is 1.33 bits per heavy atom. The number of nitrogens with zero attached hydrogens (tertiary/aromatic N) is 3. The zero-order valence-electron chi connectivity index (χ0n) is 18.8. The number of carboxylic acid groups (broad SMARTS) is 1. The number of rotatable bonds is 10. The topological polar surface area (TPSA) is 188 Å². The summed E-state index contributed by atoms with van der Waals surface area (Å²) in [4.78, 5) is 48.5. The molecule has 2 aliphatic rings. The number of pyridine rings is 2. The van der Waals surface area contributed by atoms with Gasteiger partial charge in [-0.3, -0.25) is 24.9 Å². The van der Waals surface area contributed by atoms with Gasteiger partial charge in [0, 0.05) is 46.0 Å². The van der Waals surface area contributed by atoms with Crippen LogP contribution in [-0.4, -0.2) is 72.9 Å². The molecule has 4 rings (SSSR count). The zero-order chi connectivity index (χ0) is 25.8. The van der Waals surface area contributed by atoms with Crippen LogP contribution in [0.15, 0.2) is 52.2 Å². The van der Waals surface area contributed by atoms with E-state index in [4.69, 9.17) is 16.9 Å². The van der Waals surface area contributed by atoms with Gasteiger partial charge in [0.15, 0.2) is 0 Å². The number of aromatic nitrogens is 2. The molecule has 2 aromatic heterocycles.